The monoisotopic (exact) mass is 237 g/mol. The van der Waals surface area contributed by atoms with E-state index in [1.165, 1.54) is 0 Å². The van der Waals surface area contributed by atoms with Gasteiger partial charge in [0, 0.05) is 25.4 Å². The van der Waals surface area contributed by atoms with E-state index in [-0.39, 0.29) is 23.1 Å². The molecule has 15 heavy (non-hydrogen) atoms. The molecule has 0 aromatic rings. The fourth-order valence-corrected chi connectivity index (χ4v) is 2.17. The normalized spacial score (nSPS) is 15.3. The predicted octanol–water partition coefficient (Wildman–Crippen LogP) is 0.824. The molecule has 0 rings (SSSR count). The van der Waals surface area contributed by atoms with Crippen molar-refractivity contribution in [1.29, 1.82) is 0 Å². The van der Waals surface area contributed by atoms with Crippen molar-refractivity contribution in [3.8, 4) is 0 Å². The molecule has 0 aliphatic carbocycles. The van der Waals surface area contributed by atoms with Crippen molar-refractivity contribution < 1.29 is 13.2 Å². The molecular formula is C10H23NO3S. The summed E-state index contributed by atoms with van der Waals surface area (Å²) in [5.41, 5.74) is -0.260. The van der Waals surface area contributed by atoms with Gasteiger partial charge in [-0.05, 0) is 20.8 Å². The Hall–Kier alpha value is -0.130. The maximum atomic E-state index is 11.3. The third-order valence-corrected chi connectivity index (χ3v) is 4.26. The van der Waals surface area contributed by atoms with Gasteiger partial charge in [-0.1, -0.05) is 6.92 Å². The second-order valence-corrected chi connectivity index (χ2v) is 6.84. The molecule has 0 heterocycles. The molecule has 0 saturated heterocycles. The van der Waals surface area contributed by atoms with Crippen molar-refractivity contribution in [2.75, 3.05) is 25.2 Å². The Balaban J connectivity index is 4.01. The van der Waals surface area contributed by atoms with Crippen molar-refractivity contribution >= 4 is 9.84 Å². The fraction of sp³-hybridized carbons (Fsp3) is 1.00. The zero-order valence-corrected chi connectivity index (χ0v) is 11.1. The molecule has 0 aliphatic rings. The van der Waals surface area contributed by atoms with Gasteiger partial charge in [0.2, 0.25) is 0 Å². The van der Waals surface area contributed by atoms with Crippen LogP contribution in [0.5, 0.6) is 0 Å². The highest BCUT2D eigenvalue weighted by atomic mass is 32.2. The Kier molecular flexibility index (Phi) is 5.77. The lowest BCUT2D eigenvalue weighted by Crippen LogP contribution is -2.43. The van der Waals surface area contributed by atoms with Crippen LogP contribution in [-0.2, 0) is 14.6 Å². The summed E-state index contributed by atoms with van der Waals surface area (Å²) < 4.78 is 27.9. The number of ether oxygens (including phenoxy) is 1. The molecule has 0 radical (unpaired) electrons. The molecule has 0 bridgehead atoms. The summed E-state index contributed by atoms with van der Waals surface area (Å²) in [7, 11) is -1.25. The van der Waals surface area contributed by atoms with Crippen LogP contribution in [0.3, 0.4) is 0 Å². The predicted molar refractivity (Wildman–Crippen MR) is 62.9 cm³/mol. The molecular weight excluding hydrogens is 214 g/mol. The highest BCUT2D eigenvalue weighted by Crippen LogP contribution is 2.05. The first-order valence-electron chi connectivity index (χ1n) is 5.21. The Morgan fingerprint density at radius 2 is 1.93 bits per heavy atom. The lowest BCUT2D eigenvalue weighted by Gasteiger charge is -2.25. The van der Waals surface area contributed by atoms with Crippen LogP contribution < -0.4 is 5.32 Å². The van der Waals surface area contributed by atoms with Crippen molar-refractivity contribution in [2.24, 2.45) is 0 Å². The first kappa shape index (κ1) is 14.9. The second kappa shape index (κ2) is 5.82. The number of methoxy groups -OCH3 is 1. The van der Waals surface area contributed by atoms with Crippen LogP contribution in [0.4, 0.5) is 0 Å². The van der Waals surface area contributed by atoms with E-state index < -0.39 is 9.84 Å². The van der Waals surface area contributed by atoms with E-state index in [0.29, 0.717) is 6.54 Å². The summed E-state index contributed by atoms with van der Waals surface area (Å²) in [6, 6.07) is -0.0376. The molecule has 5 heteroatoms. The number of sulfone groups is 1. The minimum Gasteiger partial charge on any atom is -0.377 e. The van der Waals surface area contributed by atoms with Crippen molar-refractivity contribution in [2.45, 2.75) is 39.3 Å². The van der Waals surface area contributed by atoms with Gasteiger partial charge in [-0.2, -0.15) is 0 Å². The van der Waals surface area contributed by atoms with Crippen LogP contribution in [0.1, 0.15) is 27.7 Å². The van der Waals surface area contributed by atoms with Crippen molar-refractivity contribution in [3.05, 3.63) is 0 Å². The Morgan fingerprint density at radius 1 is 1.40 bits per heavy atom. The molecule has 1 N–H and O–H groups in total. The molecule has 1 unspecified atom stereocenters. The molecule has 0 aromatic heterocycles. The van der Waals surface area contributed by atoms with Gasteiger partial charge in [0.25, 0.3) is 0 Å². The SMILES string of the molecule is CCS(=O)(=O)CC(C)NCC(C)(C)OC. The Bertz CT molecular complexity index is 272. The molecule has 0 aliphatic heterocycles. The van der Waals surface area contributed by atoms with Gasteiger partial charge in [-0.25, -0.2) is 8.42 Å². The summed E-state index contributed by atoms with van der Waals surface area (Å²) in [4.78, 5) is 0. The molecule has 4 nitrogen and oxygen atoms in total. The summed E-state index contributed by atoms with van der Waals surface area (Å²) in [6.07, 6.45) is 0. The minimum absolute atomic E-state index is 0.0376. The molecule has 0 aromatic carbocycles. The average molecular weight is 237 g/mol. The van der Waals surface area contributed by atoms with Gasteiger partial charge in [-0.15, -0.1) is 0 Å². The zero-order chi connectivity index (χ0) is 12.1. The van der Waals surface area contributed by atoms with Crippen molar-refractivity contribution in [1.82, 2.24) is 5.32 Å². The smallest absolute Gasteiger partial charge is 0.151 e. The van der Waals surface area contributed by atoms with Crippen LogP contribution in [0.25, 0.3) is 0 Å². The van der Waals surface area contributed by atoms with E-state index in [9.17, 15) is 8.42 Å². The number of hydrogen-bond donors (Lipinski definition) is 1. The summed E-state index contributed by atoms with van der Waals surface area (Å²) in [5, 5.41) is 3.16. The third-order valence-electron chi connectivity index (χ3n) is 2.37. The standard InChI is InChI=1S/C10H23NO3S/c1-6-15(12,13)7-9(2)11-8-10(3,4)14-5/h9,11H,6-8H2,1-5H3. The van der Waals surface area contributed by atoms with Gasteiger partial charge in [0.05, 0.1) is 11.4 Å². The molecule has 92 valence electrons. The topological polar surface area (TPSA) is 55.4 Å². The molecule has 0 amide bonds. The lowest BCUT2D eigenvalue weighted by molar-refractivity contribution is 0.0219. The Labute approximate surface area is 93.3 Å². The summed E-state index contributed by atoms with van der Waals surface area (Å²) in [5.74, 6) is 0.385. The van der Waals surface area contributed by atoms with Gasteiger partial charge in [0.1, 0.15) is 0 Å². The van der Waals surface area contributed by atoms with Crippen LogP contribution in [0, 0.1) is 0 Å². The molecule has 1 atom stereocenters. The number of rotatable bonds is 7. The lowest BCUT2D eigenvalue weighted by atomic mass is 10.1. The van der Waals surface area contributed by atoms with Crippen LogP contribution in [0.15, 0.2) is 0 Å². The maximum absolute atomic E-state index is 11.3. The van der Waals surface area contributed by atoms with E-state index in [4.69, 9.17) is 4.74 Å². The molecule has 0 saturated carbocycles. The summed E-state index contributed by atoms with van der Waals surface area (Å²) >= 11 is 0. The number of nitrogens with one attached hydrogen (secondary N) is 1. The largest absolute Gasteiger partial charge is 0.377 e. The summed E-state index contributed by atoms with van der Waals surface area (Å²) in [6.45, 7) is 8.10. The van der Waals surface area contributed by atoms with E-state index in [1.54, 1.807) is 14.0 Å². The van der Waals surface area contributed by atoms with Gasteiger partial charge in [-0.3, -0.25) is 0 Å². The minimum atomic E-state index is -2.90. The van der Waals surface area contributed by atoms with E-state index in [1.807, 2.05) is 20.8 Å². The number of hydrogen-bond acceptors (Lipinski definition) is 4. The molecule has 0 fully saturated rings. The van der Waals surface area contributed by atoms with E-state index in [2.05, 4.69) is 5.32 Å². The van der Waals surface area contributed by atoms with Crippen LogP contribution in [0.2, 0.25) is 0 Å². The second-order valence-electron chi connectivity index (χ2n) is 4.44. The van der Waals surface area contributed by atoms with Gasteiger partial charge >= 0.3 is 0 Å². The fourth-order valence-electron chi connectivity index (χ4n) is 1.05. The third kappa shape index (κ3) is 6.87. The van der Waals surface area contributed by atoms with E-state index in [0.717, 1.165) is 0 Å². The van der Waals surface area contributed by atoms with E-state index >= 15 is 0 Å². The van der Waals surface area contributed by atoms with Crippen molar-refractivity contribution in [3.63, 3.8) is 0 Å². The van der Waals surface area contributed by atoms with Gasteiger partial charge in [0.15, 0.2) is 9.84 Å². The highest BCUT2D eigenvalue weighted by molar-refractivity contribution is 7.91. The Morgan fingerprint density at radius 3 is 2.33 bits per heavy atom. The highest BCUT2D eigenvalue weighted by Gasteiger charge is 2.19. The average Bonchev–Trinajstić information content (AvgIpc) is 2.15. The molecule has 0 spiro atoms. The maximum Gasteiger partial charge on any atom is 0.151 e. The zero-order valence-electron chi connectivity index (χ0n) is 10.3. The first-order valence-corrected chi connectivity index (χ1v) is 7.03. The van der Waals surface area contributed by atoms with Gasteiger partial charge < -0.3 is 10.1 Å². The van der Waals surface area contributed by atoms with Crippen LogP contribution >= 0.6 is 0 Å². The quantitative estimate of drug-likeness (QED) is 0.712. The van der Waals surface area contributed by atoms with Crippen LogP contribution in [-0.4, -0.2) is 45.2 Å². The first-order chi connectivity index (χ1) is 6.72.